The van der Waals surface area contributed by atoms with E-state index in [1.165, 1.54) is 11.8 Å². The molecule has 0 aliphatic carbocycles. The summed E-state index contributed by atoms with van der Waals surface area (Å²) in [6.07, 6.45) is 0. The molecule has 16 heavy (non-hydrogen) atoms. The number of halogens is 2. The summed E-state index contributed by atoms with van der Waals surface area (Å²) in [4.78, 5) is 4.33. The first-order valence-corrected chi connectivity index (χ1v) is 7.57. The lowest BCUT2D eigenvalue weighted by atomic mass is 10.4. The molecule has 5 nitrogen and oxygen atoms in total. The van der Waals surface area contributed by atoms with Gasteiger partial charge in [-0.2, -0.15) is 0 Å². The Morgan fingerprint density at radius 2 is 2.12 bits per heavy atom. The van der Waals surface area contributed by atoms with Gasteiger partial charge in [0.2, 0.25) is 5.16 Å². The Bertz CT molecular complexity index is 475. The minimum absolute atomic E-state index is 0.240. The van der Waals surface area contributed by atoms with E-state index in [-0.39, 0.29) is 6.04 Å². The highest BCUT2D eigenvalue weighted by atomic mass is 79.9. The molecule has 0 radical (unpaired) electrons. The summed E-state index contributed by atoms with van der Waals surface area (Å²) in [5.74, 6) is 0. The normalized spacial score (nSPS) is 11.3. The van der Waals surface area contributed by atoms with Crippen molar-refractivity contribution in [2.24, 2.45) is 0 Å². The molecule has 2 aromatic rings. The van der Waals surface area contributed by atoms with E-state index in [1.807, 2.05) is 13.8 Å². The van der Waals surface area contributed by atoms with Crippen LogP contribution >= 0.6 is 55.0 Å². The van der Waals surface area contributed by atoms with Crippen molar-refractivity contribution < 1.29 is 0 Å². The first kappa shape index (κ1) is 12.5. The number of rotatable bonds is 3. The third kappa shape index (κ3) is 2.63. The lowest BCUT2D eigenvalue weighted by Crippen LogP contribution is -2.04. The van der Waals surface area contributed by atoms with Gasteiger partial charge in [0.05, 0.1) is 6.04 Å². The van der Waals surface area contributed by atoms with Crippen LogP contribution in [0.2, 0.25) is 0 Å². The molecule has 0 amide bonds. The van der Waals surface area contributed by atoms with Crippen molar-refractivity contribution in [1.29, 1.82) is 0 Å². The number of nitrogens with zero attached hydrogens (tertiary/aromatic N) is 5. The van der Waals surface area contributed by atoms with E-state index in [0.29, 0.717) is 0 Å². The van der Waals surface area contributed by atoms with Crippen LogP contribution < -0.4 is 0 Å². The van der Waals surface area contributed by atoms with E-state index < -0.39 is 0 Å². The predicted octanol–water partition coefficient (Wildman–Crippen LogP) is 3.39. The van der Waals surface area contributed by atoms with Crippen LogP contribution in [0.25, 0.3) is 0 Å². The van der Waals surface area contributed by atoms with Gasteiger partial charge in [-0.05, 0) is 67.9 Å². The number of hydrogen-bond acceptors (Lipinski definition) is 6. The zero-order chi connectivity index (χ0) is 11.7. The summed E-state index contributed by atoms with van der Waals surface area (Å²) in [7, 11) is 0. The van der Waals surface area contributed by atoms with Crippen molar-refractivity contribution in [2.45, 2.75) is 29.4 Å². The average Bonchev–Trinajstić information content (AvgIpc) is 2.75. The molecule has 9 heteroatoms. The van der Waals surface area contributed by atoms with Crippen LogP contribution in [0.1, 0.15) is 19.9 Å². The molecule has 0 atom stereocenters. The molecule has 2 heterocycles. The molecule has 0 bridgehead atoms. The van der Waals surface area contributed by atoms with Gasteiger partial charge in [-0.15, -0.1) is 5.10 Å². The van der Waals surface area contributed by atoms with Crippen LogP contribution in [0.15, 0.2) is 17.9 Å². The van der Waals surface area contributed by atoms with Gasteiger partial charge in [-0.3, -0.25) is 0 Å². The molecule has 0 aliphatic heterocycles. The largest absolute Gasteiger partial charge is 0.221 e. The lowest BCUT2D eigenvalue weighted by molar-refractivity contribution is 0.477. The number of tetrazole rings is 1. The first-order valence-electron chi connectivity index (χ1n) is 4.35. The van der Waals surface area contributed by atoms with Crippen molar-refractivity contribution in [2.75, 3.05) is 0 Å². The molecule has 0 aromatic carbocycles. The van der Waals surface area contributed by atoms with Crippen molar-refractivity contribution >= 4 is 55.0 Å². The SMILES string of the molecule is CC(C)n1nnnc1Sc1nc(Br)c(Br)s1. The smallest absolute Gasteiger partial charge is 0.216 e. The zero-order valence-corrected chi connectivity index (χ0v) is 13.2. The third-order valence-corrected chi connectivity index (χ3v) is 5.74. The summed E-state index contributed by atoms with van der Waals surface area (Å²) < 4.78 is 4.45. The average molecular weight is 385 g/mol. The molecule has 0 spiro atoms. The standard InChI is InChI=1S/C7H7Br2N5S2/c1-3(2)14-6(11-12-13-14)16-7-10-4(8)5(9)15-7/h3H,1-2H3. The van der Waals surface area contributed by atoms with Gasteiger partial charge in [0.25, 0.3) is 0 Å². The Balaban J connectivity index is 2.23. The zero-order valence-electron chi connectivity index (χ0n) is 8.39. The van der Waals surface area contributed by atoms with E-state index in [2.05, 4.69) is 52.4 Å². The molecule has 2 aromatic heterocycles. The molecule has 0 saturated heterocycles. The second-order valence-electron chi connectivity index (χ2n) is 3.15. The van der Waals surface area contributed by atoms with Gasteiger partial charge in [0.1, 0.15) is 8.39 Å². The van der Waals surface area contributed by atoms with Crippen LogP contribution in [-0.2, 0) is 0 Å². The third-order valence-electron chi connectivity index (χ3n) is 1.66. The van der Waals surface area contributed by atoms with Gasteiger partial charge in [-0.25, -0.2) is 9.67 Å². The second-order valence-corrected chi connectivity index (χ2v) is 7.43. The summed E-state index contributed by atoms with van der Waals surface area (Å²) in [5.41, 5.74) is 0. The van der Waals surface area contributed by atoms with Gasteiger partial charge in [-0.1, -0.05) is 11.3 Å². The monoisotopic (exact) mass is 383 g/mol. The van der Waals surface area contributed by atoms with E-state index in [4.69, 9.17) is 0 Å². The van der Waals surface area contributed by atoms with Crippen LogP contribution in [-0.4, -0.2) is 25.2 Å². The van der Waals surface area contributed by atoms with Crippen molar-refractivity contribution in [3.8, 4) is 0 Å². The highest BCUT2D eigenvalue weighted by Crippen LogP contribution is 2.37. The molecule has 0 N–H and O–H groups in total. The fourth-order valence-electron chi connectivity index (χ4n) is 0.964. The van der Waals surface area contributed by atoms with E-state index >= 15 is 0 Å². The van der Waals surface area contributed by atoms with E-state index in [9.17, 15) is 0 Å². The van der Waals surface area contributed by atoms with Crippen LogP contribution in [0.4, 0.5) is 0 Å². The van der Waals surface area contributed by atoms with Crippen LogP contribution in [0.3, 0.4) is 0 Å². The Hall–Kier alpha value is 0.01000. The minimum atomic E-state index is 0.240. The van der Waals surface area contributed by atoms with Crippen LogP contribution in [0.5, 0.6) is 0 Å². The maximum absolute atomic E-state index is 4.33. The fraction of sp³-hybridized carbons (Fsp3) is 0.429. The molecule has 2 rings (SSSR count). The van der Waals surface area contributed by atoms with Crippen molar-refractivity contribution in [3.05, 3.63) is 8.39 Å². The van der Waals surface area contributed by atoms with E-state index in [1.54, 1.807) is 16.0 Å². The van der Waals surface area contributed by atoms with Crippen molar-refractivity contribution in [1.82, 2.24) is 25.2 Å². The van der Waals surface area contributed by atoms with Gasteiger partial charge < -0.3 is 0 Å². The Morgan fingerprint density at radius 1 is 1.38 bits per heavy atom. The van der Waals surface area contributed by atoms with Crippen LogP contribution in [0, 0.1) is 0 Å². The summed E-state index contributed by atoms with van der Waals surface area (Å²) in [5, 5.41) is 12.3. The first-order chi connectivity index (χ1) is 7.58. The maximum atomic E-state index is 4.33. The molecule has 0 unspecified atom stereocenters. The Morgan fingerprint density at radius 3 is 2.69 bits per heavy atom. The Labute approximate surface area is 117 Å². The van der Waals surface area contributed by atoms with E-state index in [0.717, 1.165) is 17.9 Å². The summed E-state index contributed by atoms with van der Waals surface area (Å²) in [6.45, 7) is 4.07. The van der Waals surface area contributed by atoms with Gasteiger partial charge >= 0.3 is 0 Å². The highest BCUT2D eigenvalue weighted by Gasteiger charge is 2.14. The van der Waals surface area contributed by atoms with Gasteiger partial charge in [0, 0.05) is 0 Å². The topological polar surface area (TPSA) is 56.5 Å². The lowest BCUT2D eigenvalue weighted by Gasteiger charge is -2.04. The second kappa shape index (κ2) is 5.11. The quantitative estimate of drug-likeness (QED) is 0.811. The Kier molecular flexibility index (Phi) is 3.98. The summed E-state index contributed by atoms with van der Waals surface area (Å²) >= 11 is 9.76. The van der Waals surface area contributed by atoms with Crippen molar-refractivity contribution in [3.63, 3.8) is 0 Å². The minimum Gasteiger partial charge on any atom is -0.221 e. The molecule has 0 fully saturated rings. The predicted molar refractivity (Wildman–Crippen MR) is 69.8 cm³/mol. The number of hydrogen-bond donors (Lipinski definition) is 0. The summed E-state index contributed by atoms with van der Waals surface area (Å²) in [6, 6.07) is 0.240. The van der Waals surface area contributed by atoms with Gasteiger partial charge in [0.15, 0.2) is 4.34 Å². The molecular formula is C7H7Br2N5S2. The highest BCUT2D eigenvalue weighted by molar-refractivity contribution is 9.13. The molecule has 0 aliphatic rings. The maximum Gasteiger partial charge on any atom is 0.216 e. The number of aromatic nitrogens is 5. The number of thiazole rings is 1. The molecule has 86 valence electrons. The molecular weight excluding hydrogens is 378 g/mol. The molecule has 0 saturated carbocycles. The fourth-order valence-corrected chi connectivity index (χ4v) is 4.26.